The minimum atomic E-state index is 0.670. The number of hydrogen-bond donors (Lipinski definition) is 0. The molecule has 0 aromatic rings. The zero-order valence-corrected chi connectivity index (χ0v) is 8.34. The van der Waals surface area contributed by atoms with E-state index in [4.69, 9.17) is 5.26 Å². The van der Waals surface area contributed by atoms with E-state index >= 15 is 0 Å². The van der Waals surface area contributed by atoms with Crippen LogP contribution < -0.4 is 0 Å². The van der Waals surface area contributed by atoms with E-state index in [1.807, 2.05) is 0 Å². The van der Waals surface area contributed by atoms with Crippen LogP contribution in [-0.4, -0.2) is 24.5 Å². The molecule has 0 saturated carbocycles. The number of rotatable bonds is 7. The molecule has 0 heterocycles. The quantitative estimate of drug-likeness (QED) is 0.583. The van der Waals surface area contributed by atoms with E-state index in [2.05, 4.69) is 24.8 Å². The second kappa shape index (κ2) is 8.55. The molecule has 2 heteroatoms. The molecule has 0 aromatic carbocycles. The molecule has 0 N–H and O–H groups in total. The van der Waals surface area contributed by atoms with Gasteiger partial charge in [-0.15, -0.1) is 0 Å². The van der Waals surface area contributed by atoms with Gasteiger partial charge in [0.2, 0.25) is 0 Å². The lowest BCUT2D eigenvalue weighted by Gasteiger charge is -2.19. The van der Waals surface area contributed by atoms with Crippen molar-refractivity contribution >= 4 is 0 Å². The molecule has 0 aromatic heterocycles. The van der Waals surface area contributed by atoms with Crippen molar-refractivity contribution in [2.45, 2.75) is 39.5 Å². The average molecular weight is 168 g/mol. The van der Waals surface area contributed by atoms with Crippen molar-refractivity contribution in [3.8, 4) is 6.07 Å². The fourth-order valence-corrected chi connectivity index (χ4v) is 1.24. The van der Waals surface area contributed by atoms with Crippen molar-refractivity contribution in [2.24, 2.45) is 0 Å². The fourth-order valence-electron chi connectivity index (χ4n) is 1.24. The van der Waals surface area contributed by atoms with E-state index in [9.17, 15) is 0 Å². The first kappa shape index (κ1) is 11.4. The van der Waals surface area contributed by atoms with Crippen LogP contribution in [0.2, 0.25) is 0 Å². The highest BCUT2D eigenvalue weighted by Crippen LogP contribution is 1.97. The molecule has 0 rings (SSSR count). The van der Waals surface area contributed by atoms with Gasteiger partial charge in [0.05, 0.1) is 6.07 Å². The first-order chi connectivity index (χ1) is 5.85. The Balaban J connectivity index is 3.48. The molecule has 0 aliphatic heterocycles. The highest BCUT2D eigenvalue weighted by Gasteiger charge is 2.01. The smallest absolute Gasteiger partial charge is 0.0635 e. The normalized spacial score (nSPS) is 10.2. The molecular weight excluding hydrogens is 148 g/mol. The lowest BCUT2D eigenvalue weighted by Crippen LogP contribution is -2.26. The van der Waals surface area contributed by atoms with Gasteiger partial charge in [-0.3, -0.25) is 0 Å². The third-order valence-corrected chi connectivity index (χ3v) is 1.91. The minimum absolute atomic E-state index is 0.670. The van der Waals surface area contributed by atoms with Crippen LogP contribution in [0.25, 0.3) is 0 Å². The first-order valence-corrected chi connectivity index (χ1v) is 4.94. The summed E-state index contributed by atoms with van der Waals surface area (Å²) in [5.74, 6) is 0. The van der Waals surface area contributed by atoms with Crippen LogP contribution in [0.15, 0.2) is 0 Å². The van der Waals surface area contributed by atoms with Gasteiger partial charge in [0.25, 0.3) is 0 Å². The molecular formula is C10H20N2. The van der Waals surface area contributed by atoms with Gasteiger partial charge in [-0.1, -0.05) is 20.3 Å². The molecule has 0 saturated heterocycles. The summed E-state index contributed by atoms with van der Waals surface area (Å²) in [7, 11) is 0. The molecule has 0 aliphatic carbocycles. The second-order valence-electron chi connectivity index (χ2n) is 3.10. The first-order valence-electron chi connectivity index (χ1n) is 4.94. The predicted octanol–water partition coefficient (Wildman–Crippen LogP) is 2.41. The summed E-state index contributed by atoms with van der Waals surface area (Å²) in [4.78, 5) is 2.38. The van der Waals surface area contributed by atoms with Gasteiger partial charge in [-0.25, -0.2) is 0 Å². The Bertz CT molecular complexity index is 126. The number of unbranched alkanes of at least 4 members (excludes halogenated alkanes) is 1. The Morgan fingerprint density at radius 1 is 1.08 bits per heavy atom. The van der Waals surface area contributed by atoms with Crippen LogP contribution >= 0.6 is 0 Å². The van der Waals surface area contributed by atoms with E-state index in [1.54, 1.807) is 0 Å². The summed E-state index contributed by atoms with van der Waals surface area (Å²) in [6.45, 7) is 7.64. The molecule has 0 aliphatic rings. The molecule has 0 amide bonds. The summed E-state index contributed by atoms with van der Waals surface area (Å²) in [5, 5.41) is 8.43. The maximum absolute atomic E-state index is 8.43. The van der Waals surface area contributed by atoms with Crippen LogP contribution in [0.3, 0.4) is 0 Å². The topological polar surface area (TPSA) is 27.0 Å². The van der Waals surface area contributed by atoms with E-state index in [0.29, 0.717) is 6.42 Å². The van der Waals surface area contributed by atoms with Crippen LogP contribution in [0.4, 0.5) is 0 Å². The van der Waals surface area contributed by atoms with Gasteiger partial charge in [0.15, 0.2) is 0 Å². The molecule has 2 nitrogen and oxygen atoms in total. The van der Waals surface area contributed by atoms with Gasteiger partial charge in [-0.05, 0) is 25.9 Å². The molecule has 0 unspecified atom stereocenters. The zero-order valence-electron chi connectivity index (χ0n) is 8.34. The van der Waals surface area contributed by atoms with Gasteiger partial charge >= 0.3 is 0 Å². The maximum atomic E-state index is 8.43. The predicted molar refractivity (Wildman–Crippen MR) is 51.9 cm³/mol. The minimum Gasteiger partial charge on any atom is -0.302 e. The lowest BCUT2D eigenvalue weighted by molar-refractivity contribution is 0.276. The number of hydrogen-bond acceptors (Lipinski definition) is 2. The second-order valence-corrected chi connectivity index (χ2v) is 3.10. The monoisotopic (exact) mass is 168 g/mol. The van der Waals surface area contributed by atoms with Crippen molar-refractivity contribution in [2.75, 3.05) is 19.6 Å². The lowest BCUT2D eigenvalue weighted by atomic mass is 10.3. The van der Waals surface area contributed by atoms with Crippen LogP contribution in [-0.2, 0) is 0 Å². The van der Waals surface area contributed by atoms with Crippen LogP contribution in [0.5, 0.6) is 0 Å². The molecule has 0 fully saturated rings. The molecule has 70 valence electrons. The van der Waals surface area contributed by atoms with E-state index in [1.165, 1.54) is 19.3 Å². The number of nitrogens with zero attached hydrogens (tertiary/aromatic N) is 2. The highest BCUT2D eigenvalue weighted by atomic mass is 15.1. The van der Waals surface area contributed by atoms with Crippen molar-refractivity contribution < 1.29 is 0 Å². The summed E-state index contributed by atoms with van der Waals surface area (Å²) in [5.41, 5.74) is 0. The van der Waals surface area contributed by atoms with Crippen molar-refractivity contribution in [3.05, 3.63) is 0 Å². The zero-order chi connectivity index (χ0) is 9.23. The van der Waals surface area contributed by atoms with Crippen LogP contribution in [0.1, 0.15) is 39.5 Å². The van der Waals surface area contributed by atoms with Crippen molar-refractivity contribution in [3.63, 3.8) is 0 Å². The summed E-state index contributed by atoms with van der Waals surface area (Å²) < 4.78 is 0. The Hall–Kier alpha value is -0.550. The standard InChI is InChI=1S/C10H20N2/c1-3-5-9-12(8-4-2)10-6-7-11/h3-6,8-10H2,1-2H3. The van der Waals surface area contributed by atoms with E-state index < -0.39 is 0 Å². The van der Waals surface area contributed by atoms with Gasteiger partial charge in [-0.2, -0.15) is 5.26 Å². The fraction of sp³-hybridized carbons (Fsp3) is 0.900. The van der Waals surface area contributed by atoms with Crippen molar-refractivity contribution in [1.29, 1.82) is 5.26 Å². The van der Waals surface area contributed by atoms with Crippen molar-refractivity contribution in [1.82, 2.24) is 4.90 Å². The average Bonchev–Trinajstić information content (AvgIpc) is 2.10. The van der Waals surface area contributed by atoms with Gasteiger partial charge < -0.3 is 4.90 Å². The Morgan fingerprint density at radius 3 is 2.33 bits per heavy atom. The third kappa shape index (κ3) is 6.18. The highest BCUT2D eigenvalue weighted by molar-refractivity contribution is 4.72. The largest absolute Gasteiger partial charge is 0.302 e. The molecule has 0 bridgehead atoms. The summed E-state index contributed by atoms with van der Waals surface area (Å²) in [6, 6.07) is 2.19. The van der Waals surface area contributed by atoms with Gasteiger partial charge in [0, 0.05) is 13.0 Å². The molecule has 0 atom stereocenters. The van der Waals surface area contributed by atoms with E-state index in [0.717, 1.165) is 19.6 Å². The Morgan fingerprint density at radius 2 is 1.83 bits per heavy atom. The summed E-state index contributed by atoms with van der Waals surface area (Å²) >= 11 is 0. The van der Waals surface area contributed by atoms with Gasteiger partial charge in [0.1, 0.15) is 0 Å². The Kier molecular flexibility index (Phi) is 8.15. The van der Waals surface area contributed by atoms with Crippen LogP contribution in [0, 0.1) is 11.3 Å². The molecule has 0 spiro atoms. The SMILES string of the molecule is CCCCN(CCC)CCC#N. The number of nitriles is 1. The molecule has 0 radical (unpaired) electrons. The van der Waals surface area contributed by atoms with E-state index in [-0.39, 0.29) is 0 Å². The third-order valence-electron chi connectivity index (χ3n) is 1.91. The summed E-state index contributed by atoms with van der Waals surface area (Å²) in [6.07, 6.45) is 4.36. The maximum Gasteiger partial charge on any atom is 0.0635 e. The Labute approximate surface area is 76.2 Å². The molecule has 12 heavy (non-hydrogen) atoms.